The van der Waals surface area contributed by atoms with Crippen LogP contribution in [0, 0.1) is 0 Å². The molecule has 0 aromatic carbocycles. The summed E-state index contributed by atoms with van der Waals surface area (Å²) in [5.74, 6) is -0.102. The number of rotatable bonds is 0. The molecule has 2 aromatic heterocycles. The molecule has 12 heavy (non-hydrogen) atoms. The molecule has 0 aliphatic carbocycles. The third-order valence-electron chi connectivity index (χ3n) is 1.49. The average Bonchev–Trinajstić information content (AvgIpc) is 2.07. The van der Waals surface area contributed by atoms with Crippen LogP contribution in [0.4, 0.5) is 0 Å². The van der Waals surface area contributed by atoms with Gasteiger partial charge >= 0.3 is 0 Å². The lowest BCUT2D eigenvalue weighted by Crippen LogP contribution is -2.12. The zero-order chi connectivity index (χ0) is 8.55. The number of nitrogens with zero attached hydrogens (tertiary/aromatic N) is 3. The van der Waals surface area contributed by atoms with E-state index in [0.717, 1.165) is 0 Å². The van der Waals surface area contributed by atoms with Crippen molar-refractivity contribution >= 4 is 5.65 Å². The summed E-state index contributed by atoms with van der Waals surface area (Å²) in [7, 11) is 0. The topological polar surface area (TPSA) is 67.5 Å². The molecule has 5 heteroatoms. The van der Waals surface area contributed by atoms with Crippen LogP contribution in [0.15, 0.2) is 29.6 Å². The van der Waals surface area contributed by atoms with Crippen LogP contribution in [0.25, 0.3) is 5.65 Å². The summed E-state index contributed by atoms with van der Waals surface area (Å²) in [6, 6.07) is 1.30. The van der Waals surface area contributed by atoms with Crippen LogP contribution < -0.4 is 5.56 Å². The molecule has 0 aliphatic heterocycles. The number of aromatic hydroxyl groups is 1. The molecule has 1 N–H and O–H groups in total. The third kappa shape index (κ3) is 0.833. The Morgan fingerprint density at radius 3 is 3.08 bits per heavy atom. The van der Waals surface area contributed by atoms with Crippen molar-refractivity contribution in [1.82, 2.24) is 14.4 Å². The summed E-state index contributed by atoms with van der Waals surface area (Å²) >= 11 is 0. The summed E-state index contributed by atoms with van der Waals surface area (Å²) < 4.78 is 1.18. The van der Waals surface area contributed by atoms with E-state index in [-0.39, 0.29) is 17.0 Å². The first-order valence-corrected chi connectivity index (χ1v) is 3.29. The SMILES string of the molecule is O=c1ccnc2c(O)cncn12. The van der Waals surface area contributed by atoms with Crippen molar-refractivity contribution < 1.29 is 5.11 Å². The minimum absolute atomic E-state index is 0.102. The normalized spacial score (nSPS) is 10.3. The van der Waals surface area contributed by atoms with Crippen LogP contribution in [-0.4, -0.2) is 19.5 Å². The van der Waals surface area contributed by atoms with Crippen molar-refractivity contribution in [3.63, 3.8) is 0 Å². The molecule has 0 bridgehead atoms. The van der Waals surface area contributed by atoms with Gasteiger partial charge in [-0.1, -0.05) is 0 Å². The van der Waals surface area contributed by atoms with Gasteiger partial charge in [0.15, 0.2) is 11.4 Å². The van der Waals surface area contributed by atoms with Crippen molar-refractivity contribution in [2.75, 3.05) is 0 Å². The van der Waals surface area contributed by atoms with Gasteiger partial charge in [0.05, 0.1) is 6.20 Å². The highest BCUT2D eigenvalue weighted by atomic mass is 16.3. The number of fused-ring (bicyclic) bond motifs is 1. The molecule has 0 spiro atoms. The maximum Gasteiger partial charge on any atom is 0.259 e. The molecule has 0 fully saturated rings. The van der Waals surface area contributed by atoms with Crippen LogP contribution in [0.1, 0.15) is 0 Å². The summed E-state index contributed by atoms with van der Waals surface area (Å²) in [5.41, 5.74) is -0.0408. The van der Waals surface area contributed by atoms with Crippen LogP contribution >= 0.6 is 0 Å². The minimum Gasteiger partial charge on any atom is -0.503 e. The molecule has 5 nitrogen and oxygen atoms in total. The van der Waals surface area contributed by atoms with Crippen molar-refractivity contribution in [3.8, 4) is 5.75 Å². The van der Waals surface area contributed by atoms with Crippen molar-refractivity contribution in [2.45, 2.75) is 0 Å². The van der Waals surface area contributed by atoms with Gasteiger partial charge in [-0.2, -0.15) is 0 Å². The standard InChI is InChI=1S/C7H5N3O2/c11-5-3-8-4-10-6(12)1-2-9-7(5)10/h1-4,11H. The van der Waals surface area contributed by atoms with Crippen LogP contribution in [0.3, 0.4) is 0 Å². The lowest BCUT2D eigenvalue weighted by molar-refractivity contribution is 0.473. The van der Waals surface area contributed by atoms with Crippen molar-refractivity contribution in [2.24, 2.45) is 0 Å². The molecule has 0 amide bonds. The molecular weight excluding hydrogens is 158 g/mol. The first-order valence-electron chi connectivity index (χ1n) is 3.29. The molecule has 0 aliphatic rings. The summed E-state index contributed by atoms with van der Waals surface area (Å²) in [6.07, 6.45) is 3.89. The molecule has 0 radical (unpaired) electrons. The van der Waals surface area contributed by atoms with E-state index in [1.807, 2.05) is 0 Å². The average molecular weight is 163 g/mol. The first-order chi connectivity index (χ1) is 5.79. The predicted molar refractivity (Wildman–Crippen MR) is 40.9 cm³/mol. The van der Waals surface area contributed by atoms with Crippen molar-refractivity contribution in [1.29, 1.82) is 0 Å². The molecule has 0 atom stereocenters. The van der Waals surface area contributed by atoms with Gasteiger partial charge in [0.25, 0.3) is 5.56 Å². The minimum atomic E-state index is -0.261. The maximum atomic E-state index is 11.1. The fourth-order valence-corrected chi connectivity index (χ4v) is 0.948. The Kier molecular flexibility index (Phi) is 1.30. The van der Waals surface area contributed by atoms with Crippen LogP contribution in [-0.2, 0) is 0 Å². The Labute approximate surface area is 67.0 Å². The first kappa shape index (κ1) is 6.78. The lowest BCUT2D eigenvalue weighted by Gasteiger charge is -1.98. The van der Waals surface area contributed by atoms with E-state index >= 15 is 0 Å². The fourth-order valence-electron chi connectivity index (χ4n) is 0.948. The second kappa shape index (κ2) is 2.30. The second-order valence-corrected chi connectivity index (χ2v) is 2.26. The van der Waals surface area contributed by atoms with Gasteiger partial charge in [0, 0.05) is 12.3 Å². The number of aromatic nitrogens is 3. The van der Waals surface area contributed by atoms with Gasteiger partial charge in [0.1, 0.15) is 6.33 Å². The molecule has 0 saturated heterocycles. The third-order valence-corrected chi connectivity index (χ3v) is 1.49. The van der Waals surface area contributed by atoms with Gasteiger partial charge in [-0.3, -0.25) is 4.79 Å². The molecule has 60 valence electrons. The lowest BCUT2D eigenvalue weighted by atomic mass is 10.5. The summed E-state index contributed by atoms with van der Waals surface area (Å²) in [6.45, 7) is 0. The quantitative estimate of drug-likeness (QED) is 0.583. The highest BCUT2D eigenvalue weighted by Gasteiger charge is 2.00. The van der Waals surface area contributed by atoms with Gasteiger partial charge < -0.3 is 5.11 Å². The largest absolute Gasteiger partial charge is 0.503 e. The maximum absolute atomic E-state index is 11.1. The Morgan fingerprint density at radius 1 is 1.50 bits per heavy atom. The van der Waals surface area contributed by atoms with Gasteiger partial charge in [-0.15, -0.1) is 0 Å². The highest BCUT2D eigenvalue weighted by Crippen LogP contribution is 2.09. The molecule has 0 saturated carbocycles. The Hall–Kier alpha value is -1.91. The summed E-state index contributed by atoms with van der Waals surface area (Å²) in [4.78, 5) is 18.6. The fraction of sp³-hybridized carbons (Fsp3) is 0. The summed E-state index contributed by atoms with van der Waals surface area (Å²) in [5, 5.41) is 9.21. The molecular formula is C7H5N3O2. The van der Waals surface area contributed by atoms with Gasteiger partial charge in [0.2, 0.25) is 0 Å². The predicted octanol–water partition coefficient (Wildman–Crippen LogP) is -0.205. The van der Waals surface area contributed by atoms with E-state index in [1.54, 1.807) is 0 Å². The zero-order valence-corrected chi connectivity index (χ0v) is 6.01. The Morgan fingerprint density at radius 2 is 2.33 bits per heavy atom. The van der Waals surface area contributed by atoms with E-state index in [2.05, 4.69) is 9.97 Å². The monoisotopic (exact) mass is 163 g/mol. The van der Waals surface area contributed by atoms with E-state index in [9.17, 15) is 9.90 Å². The molecule has 0 unspecified atom stereocenters. The Bertz CT molecular complexity index is 477. The second-order valence-electron chi connectivity index (χ2n) is 2.26. The van der Waals surface area contributed by atoms with E-state index < -0.39 is 0 Å². The van der Waals surface area contributed by atoms with Gasteiger partial charge in [-0.25, -0.2) is 14.4 Å². The number of hydrogen-bond donors (Lipinski definition) is 1. The van der Waals surface area contributed by atoms with Gasteiger partial charge in [-0.05, 0) is 0 Å². The smallest absolute Gasteiger partial charge is 0.259 e. The van der Waals surface area contributed by atoms with Crippen LogP contribution in [0.2, 0.25) is 0 Å². The zero-order valence-electron chi connectivity index (χ0n) is 6.01. The van der Waals surface area contributed by atoms with Crippen LogP contribution in [0.5, 0.6) is 5.75 Å². The Balaban J connectivity index is 3.05. The molecule has 2 rings (SSSR count). The van der Waals surface area contributed by atoms with E-state index in [1.165, 1.54) is 29.2 Å². The molecule has 2 aromatic rings. The number of hydrogen-bond acceptors (Lipinski definition) is 4. The van der Waals surface area contributed by atoms with E-state index in [4.69, 9.17) is 0 Å². The van der Waals surface area contributed by atoms with E-state index in [0.29, 0.717) is 0 Å². The van der Waals surface area contributed by atoms with Crippen molar-refractivity contribution in [3.05, 3.63) is 35.1 Å². The molecule has 2 heterocycles. The highest BCUT2D eigenvalue weighted by molar-refractivity contribution is 5.49.